The molecule has 1 N–H and O–H groups in total. The largest absolute Gasteiger partial charge is 0.359 e. The molecule has 4 nitrogen and oxygen atoms in total. The quantitative estimate of drug-likeness (QED) is 0.784. The van der Waals surface area contributed by atoms with Gasteiger partial charge in [0.1, 0.15) is 5.56 Å². The van der Waals surface area contributed by atoms with E-state index in [-0.39, 0.29) is 16.9 Å². The average molecular weight is 398 g/mol. The first-order valence-corrected chi connectivity index (χ1v) is 8.94. The van der Waals surface area contributed by atoms with E-state index in [2.05, 4.69) is 27.8 Å². The number of hydrogen-bond donors (Lipinski definition) is 1. The smallest absolute Gasteiger partial charge is 0.259 e. The number of nitrogens with zero attached hydrogens (tertiary/aromatic N) is 1. The molecule has 1 amide bonds. The molecular weight excluding hydrogens is 380 g/mol. The zero-order valence-electron chi connectivity index (χ0n) is 12.9. The van der Waals surface area contributed by atoms with Crippen LogP contribution in [0.4, 0.5) is 0 Å². The van der Waals surface area contributed by atoms with Crippen LogP contribution in [0.15, 0.2) is 27.6 Å². The molecule has 2 aromatic rings. The first-order valence-electron chi connectivity index (χ1n) is 7.77. The number of nitrogens with one attached hydrogen (secondary N) is 1. The number of likely N-dealkylation sites (tertiary alicyclic amines) is 1. The van der Waals surface area contributed by atoms with Crippen LogP contribution in [0, 0.1) is 5.92 Å². The fourth-order valence-corrected chi connectivity index (χ4v) is 3.91. The van der Waals surface area contributed by atoms with Gasteiger partial charge in [-0.25, -0.2) is 0 Å². The summed E-state index contributed by atoms with van der Waals surface area (Å²) in [5, 5.41) is 0.882. The fraction of sp³-hybridized carbons (Fsp3) is 0.412. The van der Waals surface area contributed by atoms with Crippen molar-refractivity contribution in [2.75, 3.05) is 13.1 Å². The second-order valence-corrected chi connectivity index (χ2v) is 7.49. The monoisotopic (exact) mass is 396 g/mol. The van der Waals surface area contributed by atoms with E-state index in [9.17, 15) is 9.59 Å². The number of pyridine rings is 1. The minimum absolute atomic E-state index is 0.182. The number of carbonyl (C=O) groups excluding carboxylic acids is 1. The van der Waals surface area contributed by atoms with Crippen molar-refractivity contribution in [1.29, 1.82) is 0 Å². The van der Waals surface area contributed by atoms with Gasteiger partial charge in [-0.15, -0.1) is 0 Å². The number of aromatic amines is 1. The molecule has 1 unspecified atom stereocenters. The Morgan fingerprint density at radius 3 is 2.91 bits per heavy atom. The Kier molecular flexibility index (Phi) is 4.78. The van der Waals surface area contributed by atoms with Crippen molar-refractivity contribution < 1.29 is 4.79 Å². The lowest BCUT2D eigenvalue weighted by molar-refractivity contribution is 0.0759. The van der Waals surface area contributed by atoms with Crippen LogP contribution in [-0.2, 0) is 0 Å². The molecule has 1 aromatic heterocycles. The molecule has 23 heavy (non-hydrogen) atoms. The highest BCUT2D eigenvalue weighted by atomic mass is 79.9. The lowest BCUT2D eigenvalue weighted by atomic mass is 10.0. The van der Waals surface area contributed by atoms with Crippen molar-refractivity contribution in [3.8, 4) is 0 Å². The molecule has 3 rings (SSSR count). The topological polar surface area (TPSA) is 53.2 Å². The molecule has 0 saturated carbocycles. The van der Waals surface area contributed by atoms with Gasteiger partial charge in [0.05, 0.1) is 10.5 Å². The first-order chi connectivity index (χ1) is 11.0. The van der Waals surface area contributed by atoms with Gasteiger partial charge in [-0.05, 0) is 37.3 Å². The lowest BCUT2D eigenvalue weighted by Gasteiger charge is -2.20. The van der Waals surface area contributed by atoms with Gasteiger partial charge in [-0.2, -0.15) is 0 Å². The number of amides is 1. The van der Waals surface area contributed by atoms with Gasteiger partial charge in [0, 0.05) is 29.1 Å². The zero-order chi connectivity index (χ0) is 16.6. The summed E-state index contributed by atoms with van der Waals surface area (Å²) < 4.78 is 0.716. The Balaban J connectivity index is 2.01. The Morgan fingerprint density at radius 1 is 1.35 bits per heavy atom. The third-order valence-electron chi connectivity index (χ3n) is 4.44. The summed E-state index contributed by atoms with van der Waals surface area (Å²) in [6, 6.07) is 3.42. The molecule has 2 heterocycles. The summed E-state index contributed by atoms with van der Waals surface area (Å²) in [6.45, 7) is 3.62. The van der Waals surface area contributed by atoms with Crippen LogP contribution in [0.2, 0.25) is 5.02 Å². The predicted molar refractivity (Wildman–Crippen MR) is 96.2 cm³/mol. The number of fused-ring (bicyclic) bond motifs is 1. The third-order valence-corrected chi connectivity index (χ3v) is 5.20. The number of carbonyl (C=O) groups is 1. The van der Waals surface area contributed by atoms with Crippen molar-refractivity contribution in [3.63, 3.8) is 0 Å². The van der Waals surface area contributed by atoms with Crippen LogP contribution < -0.4 is 5.43 Å². The van der Waals surface area contributed by atoms with Crippen LogP contribution in [0.5, 0.6) is 0 Å². The van der Waals surface area contributed by atoms with Crippen molar-refractivity contribution in [2.45, 2.75) is 26.2 Å². The van der Waals surface area contributed by atoms with Gasteiger partial charge in [0.25, 0.3) is 5.91 Å². The number of aromatic nitrogens is 1. The summed E-state index contributed by atoms with van der Waals surface area (Å²) >= 11 is 9.50. The Bertz CT molecular complexity index is 818. The van der Waals surface area contributed by atoms with E-state index in [1.54, 1.807) is 17.0 Å². The van der Waals surface area contributed by atoms with Gasteiger partial charge < -0.3 is 9.88 Å². The number of halogens is 2. The van der Waals surface area contributed by atoms with Crippen LogP contribution in [0.1, 0.15) is 36.5 Å². The molecule has 1 aliphatic heterocycles. The van der Waals surface area contributed by atoms with E-state index >= 15 is 0 Å². The third kappa shape index (κ3) is 3.31. The minimum atomic E-state index is -0.274. The van der Waals surface area contributed by atoms with Gasteiger partial charge in [0.15, 0.2) is 0 Å². The first kappa shape index (κ1) is 16.5. The van der Waals surface area contributed by atoms with Gasteiger partial charge >= 0.3 is 0 Å². The summed E-state index contributed by atoms with van der Waals surface area (Å²) in [7, 11) is 0. The molecule has 1 saturated heterocycles. The Hall–Kier alpha value is -1.33. The normalized spacial score (nSPS) is 18.9. The van der Waals surface area contributed by atoms with E-state index in [0.717, 1.165) is 19.3 Å². The van der Waals surface area contributed by atoms with Gasteiger partial charge in [-0.3, -0.25) is 9.59 Å². The molecular formula is C17H18BrClN2O2. The highest BCUT2D eigenvalue weighted by Crippen LogP contribution is 2.25. The average Bonchev–Trinajstić information content (AvgIpc) is 2.72. The zero-order valence-corrected chi connectivity index (χ0v) is 15.2. The van der Waals surface area contributed by atoms with E-state index in [0.29, 0.717) is 39.4 Å². The molecule has 6 heteroatoms. The summed E-state index contributed by atoms with van der Waals surface area (Å²) in [5.74, 6) is 0.427. The second kappa shape index (κ2) is 6.65. The van der Waals surface area contributed by atoms with E-state index in [1.165, 1.54) is 6.20 Å². The SMILES string of the molecule is CC1CCCN(C(=O)c2c[nH]c3c(Cl)cc(Br)cc3c2=O)CC1. The summed E-state index contributed by atoms with van der Waals surface area (Å²) in [6.07, 6.45) is 4.58. The van der Waals surface area contributed by atoms with Gasteiger partial charge in [0.2, 0.25) is 5.43 Å². The maximum atomic E-state index is 12.8. The highest BCUT2D eigenvalue weighted by molar-refractivity contribution is 9.10. The van der Waals surface area contributed by atoms with E-state index in [4.69, 9.17) is 11.6 Å². The number of hydrogen-bond acceptors (Lipinski definition) is 2. The van der Waals surface area contributed by atoms with Crippen molar-refractivity contribution in [2.24, 2.45) is 5.92 Å². The van der Waals surface area contributed by atoms with Crippen LogP contribution in [0.3, 0.4) is 0 Å². The molecule has 0 radical (unpaired) electrons. The van der Waals surface area contributed by atoms with Gasteiger partial charge in [-0.1, -0.05) is 34.5 Å². The maximum absolute atomic E-state index is 12.8. The standard InChI is InChI=1S/C17H18BrClN2O2/c1-10-3-2-5-21(6-4-10)17(23)13-9-20-15-12(16(13)22)7-11(18)8-14(15)19/h7-10H,2-6H2,1H3,(H,20,22). The molecule has 1 aliphatic rings. The molecule has 0 spiro atoms. The highest BCUT2D eigenvalue weighted by Gasteiger charge is 2.23. The molecule has 1 fully saturated rings. The van der Waals surface area contributed by atoms with Crippen molar-refractivity contribution in [1.82, 2.24) is 9.88 Å². The fourth-order valence-electron chi connectivity index (χ4n) is 3.05. The molecule has 1 aromatic carbocycles. The van der Waals surface area contributed by atoms with Crippen molar-refractivity contribution >= 4 is 44.3 Å². The van der Waals surface area contributed by atoms with Crippen LogP contribution >= 0.6 is 27.5 Å². The molecule has 0 bridgehead atoms. The lowest BCUT2D eigenvalue weighted by Crippen LogP contribution is -2.35. The van der Waals surface area contributed by atoms with E-state index in [1.807, 2.05) is 0 Å². The Labute approximate surface area is 148 Å². The summed E-state index contributed by atoms with van der Waals surface area (Å²) in [5.41, 5.74) is 0.464. The molecule has 122 valence electrons. The Morgan fingerprint density at radius 2 is 2.13 bits per heavy atom. The van der Waals surface area contributed by atoms with E-state index < -0.39 is 0 Å². The minimum Gasteiger partial charge on any atom is -0.359 e. The summed E-state index contributed by atoms with van der Waals surface area (Å²) in [4.78, 5) is 30.3. The van der Waals surface area contributed by atoms with Crippen LogP contribution in [-0.4, -0.2) is 28.9 Å². The number of benzene rings is 1. The van der Waals surface area contributed by atoms with Crippen molar-refractivity contribution in [3.05, 3.63) is 43.6 Å². The number of rotatable bonds is 1. The maximum Gasteiger partial charge on any atom is 0.259 e. The molecule has 0 aliphatic carbocycles. The van der Waals surface area contributed by atoms with Crippen LogP contribution in [0.25, 0.3) is 10.9 Å². The molecule has 1 atom stereocenters. The second-order valence-electron chi connectivity index (χ2n) is 6.17. The predicted octanol–water partition coefficient (Wildman–Crippen LogP) is 4.21. The number of H-pyrrole nitrogens is 1.